The lowest BCUT2D eigenvalue weighted by atomic mass is 9.94. The average molecular weight is 711 g/mol. The molecule has 0 bridgehead atoms. The zero-order valence-corrected chi connectivity index (χ0v) is 27.9. The van der Waals surface area contributed by atoms with E-state index in [1.807, 2.05) is 0 Å². The second-order valence-corrected chi connectivity index (χ2v) is 14.6. The molecule has 0 saturated carbocycles. The van der Waals surface area contributed by atoms with Gasteiger partial charge in [-0.2, -0.15) is 20.2 Å². The number of aliphatic hydroxyl groups excluding tert-OH is 1. The lowest BCUT2D eigenvalue weighted by Gasteiger charge is -2.40. The number of benzene rings is 2. The maximum Gasteiger partial charge on any atom is 0.410 e. The van der Waals surface area contributed by atoms with Crippen LogP contribution in [-0.4, -0.2) is 100 Å². The van der Waals surface area contributed by atoms with Crippen molar-refractivity contribution in [3.63, 3.8) is 0 Å². The zero-order valence-electron chi connectivity index (χ0n) is 26.2. The molecule has 2 aromatic rings. The molecule has 2 saturated heterocycles. The van der Waals surface area contributed by atoms with Gasteiger partial charge < -0.3 is 24.4 Å². The minimum absolute atomic E-state index is 0.00223. The molecule has 0 aromatic heterocycles. The number of aliphatic hydroxyl groups is 1. The summed E-state index contributed by atoms with van der Waals surface area (Å²) in [6.07, 6.45) is 0.129. The van der Waals surface area contributed by atoms with Crippen LogP contribution in [0.1, 0.15) is 43.2 Å². The maximum absolute atomic E-state index is 13.1. The van der Waals surface area contributed by atoms with Crippen LogP contribution in [0, 0.1) is 20.2 Å². The Morgan fingerprint density at radius 2 is 1.42 bits per heavy atom. The van der Waals surface area contributed by atoms with E-state index in [4.69, 9.17) is 13.7 Å². The van der Waals surface area contributed by atoms with Crippen molar-refractivity contribution in [2.24, 2.45) is 0 Å². The van der Waals surface area contributed by atoms with Gasteiger partial charge >= 0.3 is 12.2 Å². The highest BCUT2D eigenvalue weighted by Crippen LogP contribution is 2.29. The lowest BCUT2D eigenvalue weighted by Crippen LogP contribution is -2.53. The SMILES string of the molecule is CS(=O)(=O)O[C@@H]1CCN(C(=O)OCc2ccc([N+](=O)[O-])cc2)[C@H]([C@H](O)CCSC2CCN(C(=O)OCc3ccc([N+](=O)[O-])cc3)CC2)C1. The molecule has 0 unspecified atom stereocenters. The van der Waals surface area contributed by atoms with Crippen molar-refractivity contribution >= 4 is 45.4 Å². The number of piperidine rings is 2. The molecule has 18 heteroatoms. The molecular weight excluding hydrogens is 672 g/mol. The molecule has 262 valence electrons. The third kappa shape index (κ3) is 11.0. The predicted octanol–water partition coefficient (Wildman–Crippen LogP) is 4.23. The molecule has 2 aliphatic heterocycles. The number of likely N-dealkylation sites (tertiary alicyclic amines) is 2. The summed E-state index contributed by atoms with van der Waals surface area (Å²) < 4.78 is 39.5. The molecule has 16 nitrogen and oxygen atoms in total. The number of nitrogens with zero attached hydrogens (tertiary/aromatic N) is 4. The minimum atomic E-state index is -3.76. The van der Waals surface area contributed by atoms with Crippen LogP contribution in [0.5, 0.6) is 0 Å². The van der Waals surface area contributed by atoms with Gasteiger partial charge in [0.2, 0.25) is 0 Å². The first-order valence-electron chi connectivity index (χ1n) is 15.3. The largest absolute Gasteiger partial charge is 0.445 e. The van der Waals surface area contributed by atoms with E-state index >= 15 is 0 Å². The number of carbonyl (C=O) groups is 2. The minimum Gasteiger partial charge on any atom is -0.445 e. The molecule has 3 atom stereocenters. The molecule has 1 N–H and O–H groups in total. The summed E-state index contributed by atoms with van der Waals surface area (Å²) in [5.41, 5.74) is 1.05. The summed E-state index contributed by atoms with van der Waals surface area (Å²) in [5.74, 6) is 0.552. The predicted molar refractivity (Wildman–Crippen MR) is 174 cm³/mol. The molecule has 2 heterocycles. The normalized spacial score (nSPS) is 19.4. The van der Waals surface area contributed by atoms with E-state index in [1.165, 1.54) is 41.3 Å². The quantitative estimate of drug-likeness (QED) is 0.175. The molecule has 2 fully saturated rings. The zero-order chi connectivity index (χ0) is 34.8. The summed E-state index contributed by atoms with van der Waals surface area (Å²) in [6.45, 7) is 0.940. The fraction of sp³-hybridized carbons (Fsp3) is 0.533. The Hall–Kier alpha value is -4.00. The summed E-state index contributed by atoms with van der Waals surface area (Å²) in [7, 11) is -3.76. The summed E-state index contributed by atoms with van der Waals surface area (Å²) in [5, 5.41) is 33.1. The topological polar surface area (TPSA) is 209 Å². The molecule has 4 rings (SSSR count). The second kappa shape index (κ2) is 16.9. The smallest absolute Gasteiger partial charge is 0.410 e. The Labute approximate surface area is 281 Å². The van der Waals surface area contributed by atoms with Crippen LogP contribution in [0.25, 0.3) is 0 Å². The van der Waals surface area contributed by atoms with Gasteiger partial charge in [-0.25, -0.2) is 9.59 Å². The van der Waals surface area contributed by atoms with E-state index in [-0.39, 0.29) is 49.2 Å². The van der Waals surface area contributed by atoms with Gasteiger partial charge in [-0.3, -0.25) is 24.4 Å². The van der Waals surface area contributed by atoms with Crippen LogP contribution in [0.4, 0.5) is 21.0 Å². The fourth-order valence-electron chi connectivity index (χ4n) is 5.53. The summed E-state index contributed by atoms with van der Waals surface area (Å²) in [4.78, 5) is 49.3. The van der Waals surface area contributed by atoms with Crippen LogP contribution in [0.15, 0.2) is 48.5 Å². The number of non-ortho nitro benzene ring substituents is 2. The second-order valence-electron chi connectivity index (χ2n) is 11.6. The molecule has 0 radical (unpaired) electrons. The number of nitro benzene ring substituents is 2. The van der Waals surface area contributed by atoms with Gasteiger partial charge in [0.15, 0.2) is 0 Å². The standard InChI is InChI=1S/C30H38N4O12S2/c1-48(42,43)46-25-10-16-32(30(37)45-20-22-4-8-24(9-5-22)34(40)41)27(18-25)28(35)13-17-47-26-11-14-31(15-12-26)29(36)44-19-21-2-6-23(7-3-21)33(38)39/h2-9,25-28,35H,10-20H2,1H3/t25-,27+,28-/m1/s1. The van der Waals surface area contributed by atoms with E-state index in [0.717, 1.165) is 6.26 Å². The molecule has 0 spiro atoms. The van der Waals surface area contributed by atoms with Crippen molar-refractivity contribution in [3.8, 4) is 0 Å². The highest BCUT2D eigenvalue weighted by molar-refractivity contribution is 7.99. The molecule has 48 heavy (non-hydrogen) atoms. The Balaban J connectivity index is 1.24. The van der Waals surface area contributed by atoms with Gasteiger partial charge in [-0.1, -0.05) is 0 Å². The number of hydrogen-bond acceptors (Lipinski definition) is 13. The van der Waals surface area contributed by atoms with Crippen molar-refractivity contribution in [1.29, 1.82) is 0 Å². The number of ether oxygens (including phenoxy) is 2. The van der Waals surface area contributed by atoms with E-state index in [2.05, 4.69) is 0 Å². The first-order chi connectivity index (χ1) is 22.8. The van der Waals surface area contributed by atoms with Crippen molar-refractivity contribution in [3.05, 3.63) is 79.9 Å². The van der Waals surface area contributed by atoms with Gasteiger partial charge in [0.1, 0.15) is 13.2 Å². The van der Waals surface area contributed by atoms with Gasteiger partial charge in [-0.15, -0.1) is 0 Å². The third-order valence-electron chi connectivity index (χ3n) is 8.07. The average Bonchev–Trinajstić information content (AvgIpc) is 3.06. The highest BCUT2D eigenvalue weighted by atomic mass is 32.2. The monoisotopic (exact) mass is 710 g/mol. The number of thioether (sulfide) groups is 1. The van der Waals surface area contributed by atoms with Crippen molar-refractivity contribution < 1.29 is 46.6 Å². The Morgan fingerprint density at radius 3 is 1.92 bits per heavy atom. The van der Waals surface area contributed by atoms with Crippen LogP contribution in [-0.2, 0) is 37.0 Å². The Morgan fingerprint density at radius 1 is 0.896 bits per heavy atom. The van der Waals surface area contributed by atoms with Gasteiger partial charge in [-0.05, 0) is 73.2 Å². The van der Waals surface area contributed by atoms with Gasteiger partial charge in [0.05, 0.1) is 34.4 Å². The first kappa shape index (κ1) is 36.8. The van der Waals surface area contributed by atoms with E-state index in [0.29, 0.717) is 49.2 Å². The van der Waals surface area contributed by atoms with Crippen LogP contribution in [0.3, 0.4) is 0 Å². The molecule has 2 aromatic carbocycles. The summed E-state index contributed by atoms with van der Waals surface area (Å²) >= 11 is 1.64. The number of amides is 2. The van der Waals surface area contributed by atoms with Crippen molar-refractivity contribution in [2.75, 3.05) is 31.6 Å². The fourth-order valence-corrected chi connectivity index (χ4v) is 7.46. The lowest BCUT2D eigenvalue weighted by molar-refractivity contribution is -0.385. The van der Waals surface area contributed by atoms with E-state index < -0.39 is 50.4 Å². The maximum atomic E-state index is 13.1. The van der Waals surface area contributed by atoms with E-state index in [1.54, 1.807) is 28.8 Å². The third-order valence-corrected chi connectivity index (χ3v) is 10.1. The number of rotatable bonds is 13. The van der Waals surface area contributed by atoms with Crippen LogP contribution in [0.2, 0.25) is 0 Å². The van der Waals surface area contributed by atoms with Gasteiger partial charge in [0.25, 0.3) is 21.5 Å². The Bertz CT molecular complexity index is 1530. The van der Waals surface area contributed by atoms with Crippen LogP contribution >= 0.6 is 11.8 Å². The van der Waals surface area contributed by atoms with Crippen LogP contribution < -0.4 is 0 Å². The van der Waals surface area contributed by atoms with E-state index in [9.17, 15) is 43.3 Å². The highest BCUT2D eigenvalue weighted by Gasteiger charge is 2.38. The number of nitro groups is 2. The molecule has 2 aliphatic rings. The molecule has 0 aliphatic carbocycles. The van der Waals surface area contributed by atoms with Gasteiger partial charge in [0, 0.05) is 49.1 Å². The van der Waals surface area contributed by atoms with Crippen molar-refractivity contribution in [2.45, 2.75) is 68.8 Å². The first-order valence-corrected chi connectivity index (χ1v) is 18.1. The molecule has 2 amide bonds. The summed E-state index contributed by atoms with van der Waals surface area (Å²) in [6, 6.07) is 10.6. The Kier molecular flexibility index (Phi) is 13.0. The number of carbonyl (C=O) groups excluding carboxylic acids is 2. The number of hydrogen-bond donors (Lipinski definition) is 1. The van der Waals surface area contributed by atoms with Crippen molar-refractivity contribution in [1.82, 2.24) is 9.80 Å². The molecular formula is C30H38N4O12S2.